The minimum atomic E-state index is -0.382. The lowest BCUT2D eigenvalue weighted by Gasteiger charge is -2.13. The molecule has 2 aromatic carbocycles. The second-order valence-electron chi connectivity index (χ2n) is 6.27. The zero-order valence-corrected chi connectivity index (χ0v) is 16.4. The Morgan fingerprint density at radius 2 is 1.82 bits per heavy atom. The molecular weight excluding hydrogens is 402 g/mol. The number of fused-ring (bicyclic) bond motifs is 1. The third kappa shape index (κ3) is 3.30. The molecular formula is C20H15Cl2FN4O. The second-order valence-corrected chi connectivity index (χ2v) is 7.09. The molecule has 2 heterocycles. The summed E-state index contributed by atoms with van der Waals surface area (Å²) in [5.41, 5.74) is 1.84. The molecule has 0 spiro atoms. The Bertz CT molecular complexity index is 1230. The van der Waals surface area contributed by atoms with Gasteiger partial charge in [0.2, 0.25) is 0 Å². The van der Waals surface area contributed by atoms with Gasteiger partial charge in [0.25, 0.3) is 5.56 Å². The monoisotopic (exact) mass is 416 g/mol. The van der Waals surface area contributed by atoms with Gasteiger partial charge in [-0.15, -0.1) is 0 Å². The van der Waals surface area contributed by atoms with Crippen molar-refractivity contribution in [3.63, 3.8) is 0 Å². The first kappa shape index (κ1) is 18.7. The lowest BCUT2D eigenvalue weighted by Crippen LogP contribution is -2.24. The van der Waals surface area contributed by atoms with Crippen LogP contribution in [0.3, 0.4) is 0 Å². The molecule has 0 unspecified atom stereocenters. The van der Waals surface area contributed by atoms with Crippen LogP contribution in [-0.4, -0.2) is 19.1 Å². The molecule has 0 saturated heterocycles. The predicted molar refractivity (Wildman–Crippen MR) is 108 cm³/mol. The minimum absolute atomic E-state index is 0.268. The molecule has 0 aliphatic rings. The van der Waals surface area contributed by atoms with E-state index in [-0.39, 0.29) is 16.9 Å². The molecule has 0 aliphatic heterocycles. The minimum Gasteiger partial charge on any atom is -0.315 e. The standard InChI is InChI=1S/C20H15Cl2FN4O/c1-2-26-11-24-18-19(26)25-17(10-12-3-8-15(21)16(22)9-12)27(20(18)28)14-6-4-13(23)5-7-14/h3-9,11H,2,10H2,1H3. The lowest BCUT2D eigenvalue weighted by atomic mass is 10.1. The summed E-state index contributed by atoms with van der Waals surface area (Å²) < 4.78 is 16.7. The molecule has 0 aliphatic carbocycles. The summed E-state index contributed by atoms with van der Waals surface area (Å²) in [4.78, 5) is 22.1. The summed E-state index contributed by atoms with van der Waals surface area (Å²) in [5, 5.41) is 0.878. The van der Waals surface area contributed by atoms with Gasteiger partial charge in [0.15, 0.2) is 11.2 Å². The Morgan fingerprint density at radius 3 is 2.50 bits per heavy atom. The lowest BCUT2D eigenvalue weighted by molar-refractivity contribution is 0.627. The number of halogens is 3. The molecule has 0 N–H and O–H groups in total. The van der Waals surface area contributed by atoms with Gasteiger partial charge in [-0.2, -0.15) is 0 Å². The first-order chi connectivity index (χ1) is 13.5. The first-order valence-electron chi connectivity index (χ1n) is 8.64. The summed E-state index contributed by atoms with van der Waals surface area (Å²) in [6.07, 6.45) is 1.94. The van der Waals surface area contributed by atoms with Crippen molar-refractivity contribution >= 4 is 34.4 Å². The fourth-order valence-corrected chi connectivity index (χ4v) is 3.40. The Morgan fingerprint density at radius 1 is 1.07 bits per heavy atom. The molecule has 142 valence electrons. The van der Waals surface area contributed by atoms with Crippen LogP contribution in [0.5, 0.6) is 0 Å². The summed E-state index contributed by atoms with van der Waals surface area (Å²) >= 11 is 12.1. The normalized spacial score (nSPS) is 11.3. The molecule has 5 nitrogen and oxygen atoms in total. The maximum atomic E-state index is 13.4. The highest BCUT2D eigenvalue weighted by Gasteiger charge is 2.17. The van der Waals surface area contributed by atoms with Crippen LogP contribution in [-0.2, 0) is 13.0 Å². The maximum absolute atomic E-state index is 13.4. The van der Waals surface area contributed by atoms with Crippen molar-refractivity contribution in [2.45, 2.75) is 19.9 Å². The quantitative estimate of drug-likeness (QED) is 0.486. The fourth-order valence-electron chi connectivity index (χ4n) is 3.08. The molecule has 0 saturated carbocycles. The Hall–Kier alpha value is -2.70. The molecule has 0 atom stereocenters. The molecule has 4 rings (SSSR count). The Labute approximate surface area is 170 Å². The highest BCUT2D eigenvalue weighted by molar-refractivity contribution is 6.42. The molecule has 0 amide bonds. The van der Waals surface area contributed by atoms with E-state index in [9.17, 15) is 9.18 Å². The highest BCUT2D eigenvalue weighted by atomic mass is 35.5. The van der Waals surface area contributed by atoms with Crippen LogP contribution in [0.15, 0.2) is 53.6 Å². The van der Waals surface area contributed by atoms with Gasteiger partial charge in [0.1, 0.15) is 11.6 Å². The largest absolute Gasteiger partial charge is 0.315 e. The Kier molecular flexibility index (Phi) is 4.91. The number of rotatable bonds is 4. The van der Waals surface area contributed by atoms with Gasteiger partial charge in [-0.3, -0.25) is 9.36 Å². The topological polar surface area (TPSA) is 52.7 Å². The van der Waals surface area contributed by atoms with Gasteiger partial charge < -0.3 is 4.57 Å². The van der Waals surface area contributed by atoms with Crippen molar-refractivity contribution in [2.75, 3.05) is 0 Å². The van der Waals surface area contributed by atoms with Gasteiger partial charge in [0.05, 0.1) is 22.1 Å². The summed E-state index contributed by atoms with van der Waals surface area (Å²) in [6, 6.07) is 11.0. The zero-order chi connectivity index (χ0) is 19.8. The van der Waals surface area contributed by atoms with E-state index in [2.05, 4.69) is 4.98 Å². The number of aromatic nitrogens is 4. The van der Waals surface area contributed by atoms with Gasteiger partial charge in [-0.05, 0) is 48.9 Å². The van der Waals surface area contributed by atoms with E-state index in [1.807, 2.05) is 17.6 Å². The van der Waals surface area contributed by atoms with Gasteiger partial charge in [0, 0.05) is 13.0 Å². The zero-order valence-electron chi connectivity index (χ0n) is 14.9. The summed E-state index contributed by atoms with van der Waals surface area (Å²) in [6.45, 7) is 2.59. The van der Waals surface area contributed by atoms with E-state index in [1.165, 1.54) is 16.7 Å². The van der Waals surface area contributed by atoms with Crippen LogP contribution in [0, 0.1) is 5.82 Å². The molecule has 2 aromatic heterocycles. The molecule has 0 fully saturated rings. The third-order valence-electron chi connectivity index (χ3n) is 4.48. The van der Waals surface area contributed by atoms with Crippen molar-refractivity contribution in [3.8, 4) is 5.69 Å². The molecule has 28 heavy (non-hydrogen) atoms. The Balaban J connectivity index is 1.95. The summed E-state index contributed by atoms with van der Waals surface area (Å²) in [5.74, 6) is 0.116. The average Bonchev–Trinajstić information content (AvgIpc) is 3.09. The van der Waals surface area contributed by atoms with Crippen LogP contribution >= 0.6 is 23.2 Å². The third-order valence-corrected chi connectivity index (χ3v) is 5.22. The highest BCUT2D eigenvalue weighted by Crippen LogP contribution is 2.24. The van der Waals surface area contributed by atoms with Crippen LogP contribution in [0.1, 0.15) is 18.3 Å². The van der Waals surface area contributed by atoms with E-state index < -0.39 is 0 Å². The van der Waals surface area contributed by atoms with Crippen molar-refractivity contribution in [3.05, 3.63) is 86.4 Å². The van der Waals surface area contributed by atoms with E-state index in [0.29, 0.717) is 40.2 Å². The summed E-state index contributed by atoms with van der Waals surface area (Å²) in [7, 11) is 0. The first-order valence-corrected chi connectivity index (χ1v) is 9.40. The molecule has 4 aromatic rings. The van der Waals surface area contributed by atoms with Crippen molar-refractivity contribution < 1.29 is 4.39 Å². The van der Waals surface area contributed by atoms with Gasteiger partial charge >= 0.3 is 0 Å². The predicted octanol–water partition coefficient (Wildman–Crippen LogP) is 4.64. The second kappa shape index (κ2) is 7.37. The maximum Gasteiger partial charge on any atom is 0.286 e. The van der Waals surface area contributed by atoms with Crippen LogP contribution < -0.4 is 5.56 Å². The molecule has 0 radical (unpaired) electrons. The number of benzene rings is 2. The molecule has 0 bridgehead atoms. The van der Waals surface area contributed by atoms with E-state index in [4.69, 9.17) is 28.2 Å². The number of aryl methyl sites for hydroxylation is 1. The number of nitrogens with zero attached hydrogens (tertiary/aromatic N) is 4. The van der Waals surface area contributed by atoms with Crippen molar-refractivity contribution in [1.29, 1.82) is 0 Å². The van der Waals surface area contributed by atoms with Crippen LogP contribution in [0.4, 0.5) is 4.39 Å². The molecule has 8 heteroatoms. The van der Waals surface area contributed by atoms with Crippen LogP contribution in [0.2, 0.25) is 10.0 Å². The van der Waals surface area contributed by atoms with E-state index in [1.54, 1.807) is 30.6 Å². The van der Waals surface area contributed by atoms with Crippen LogP contribution in [0.25, 0.3) is 16.9 Å². The number of imidazole rings is 1. The van der Waals surface area contributed by atoms with E-state index >= 15 is 0 Å². The fraction of sp³-hybridized carbons (Fsp3) is 0.150. The van der Waals surface area contributed by atoms with Crippen molar-refractivity contribution in [2.24, 2.45) is 0 Å². The average molecular weight is 417 g/mol. The van der Waals surface area contributed by atoms with Gasteiger partial charge in [-0.25, -0.2) is 14.4 Å². The van der Waals surface area contributed by atoms with Crippen molar-refractivity contribution in [1.82, 2.24) is 19.1 Å². The SMILES string of the molecule is CCn1cnc2c(=O)n(-c3ccc(F)cc3)c(Cc3ccc(Cl)c(Cl)c3)nc21. The smallest absolute Gasteiger partial charge is 0.286 e. The van der Waals surface area contributed by atoms with E-state index in [0.717, 1.165) is 5.56 Å². The van der Waals surface area contributed by atoms with Gasteiger partial charge in [-0.1, -0.05) is 29.3 Å². The number of hydrogen-bond acceptors (Lipinski definition) is 3. The number of hydrogen-bond donors (Lipinski definition) is 0.